The van der Waals surface area contributed by atoms with Crippen molar-refractivity contribution in [3.8, 4) is 0 Å². The summed E-state index contributed by atoms with van der Waals surface area (Å²) in [6, 6.07) is 7.19. The molecule has 0 bridgehead atoms. The molecule has 0 aliphatic carbocycles. The van der Waals surface area contributed by atoms with Crippen molar-refractivity contribution in [1.82, 2.24) is 9.55 Å². The number of imidazole rings is 1. The zero-order chi connectivity index (χ0) is 13.0. The van der Waals surface area contributed by atoms with Crippen LogP contribution in [0.3, 0.4) is 0 Å². The number of rotatable bonds is 4. The van der Waals surface area contributed by atoms with Crippen LogP contribution in [0, 0.1) is 0 Å². The molecule has 0 radical (unpaired) electrons. The molecule has 1 aromatic heterocycles. The van der Waals surface area contributed by atoms with Gasteiger partial charge in [-0.05, 0) is 12.1 Å². The van der Waals surface area contributed by atoms with Crippen molar-refractivity contribution < 1.29 is 4.79 Å². The number of carbonyl (C=O) groups excluding carboxylic acids is 1. The molecule has 5 nitrogen and oxygen atoms in total. The van der Waals surface area contributed by atoms with E-state index in [1.165, 1.54) is 11.8 Å². The predicted octanol–water partition coefficient (Wildman–Crippen LogP) is 1.73. The van der Waals surface area contributed by atoms with Gasteiger partial charge in [0.1, 0.15) is 0 Å². The van der Waals surface area contributed by atoms with Gasteiger partial charge >= 0.3 is 0 Å². The van der Waals surface area contributed by atoms with E-state index in [-0.39, 0.29) is 5.91 Å². The van der Waals surface area contributed by atoms with Gasteiger partial charge in [-0.3, -0.25) is 4.79 Å². The predicted molar refractivity (Wildman–Crippen MR) is 73.4 cm³/mol. The molecule has 6 heteroatoms. The van der Waals surface area contributed by atoms with Crippen molar-refractivity contribution in [2.45, 2.75) is 5.16 Å². The summed E-state index contributed by atoms with van der Waals surface area (Å²) in [5, 5.41) is 3.58. The summed E-state index contributed by atoms with van der Waals surface area (Å²) in [5.41, 5.74) is 6.95. The van der Waals surface area contributed by atoms with Crippen LogP contribution in [0.5, 0.6) is 0 Å². The first-order valence-corrected chi connectivity index (χ1v) is 6.40. The molecule has 18 heavy (non-hydrogen) atoms. The summed E-state index contributed by atoms with van der Waals surface area (Å²) in [4.78, 5) is 15.9. The number of hydrogen-bond donors (Lipinski definition) is 2. The lowest BCUT2D eigenvalue weighted by molar-refractivity contribution is -0.113. The molecule has 0 spiro atoms. The number of nitrogens with two attached hydrogens (primary N) is 1. The molecule has 0 fully saturated rings. The third-order valence-electron chi connectivity index (χ3n) is 2.34. The lowest BCUT2D eigenvalue weighted by atomic mass is 10.3. The fourth-order valence-electron chi connectivity index (χ4n) is 1.42. The summed E-state index contributed by atoms with van der Waals surface area (Å²) in [5.74, 6) is 0.208. The topological polar surface area (TPSA) is 72.9 Å². The number of nitrogen functional groups attached to an aromatic ring is 1. The number of benzene rings is 1. The monoisotopic (exact) mass is 262 g/mol. The second-order valence-electron chi connectivity index (χ2n) is 3.74. The first-order chi connectivity index (χ1) is 8.66. The van der Waals surface area contributed by atoms with Gasteiger partial charge in [-0.15, -0.1) is 0 Å². The fourth-order valence-corrected chi connectivity index (χ4v) is 2.15. The van der Waals surface area contributed by atoms with Crippen LogP contribution < -0.4 is 11.1 Å². The smallest absolute Gasteiger partial charge is 0.234 e. The van der Waals surface area contributed by atoms with E-state index < -0.39 is 0 Å². The SMILES string of the molecule is Cn1ccnc1SCC(=O)Nc1ccccc1N. The number of thioether (sulfide) groups is 1. The molecular weight excluding hydrogens is 248 g/mol. The van der Waals surface area contributed by atoms with Crippen molar-refractivity contribution in [3.05, 3.63) is 36.7 Å². The minimum atomic E-state index is -0.0964. The van der Waals surface area contributed by atoms with Crippen LogP contribution in [-0.2, 0) is 11.8 Å². The van der Waals surface area contributed by atoms with Crippen molar-refractivity contribution in [2.24, 2.45) is 7.05 Å². The summed E-state index contributed by atoms with van der Waals surface area (Å²) >= 11 is 1.39. The summed E-state index contributed by atoms with van der Waals surface area (Å²) in [7, 11) is 1.89. The van der Waals surface area contributed by atoms with Gasteiger partial charge in [0.25, 0.3) is 0 Å². The molecule has 1 heterocycles. The highest BCUT2D eigenvalue weighted by Gasteiger charge is 2.07. The van der Waals surface area contributed by atoms with Crippen molar-refractivity contribution >= 4 is 29.0 Å². The second kappa shape index (κ2) is 5.59. The van der Waals surface area contributed by atoms with E-state index in [2.05, 4.69) is 10.3 Å². The van der Waals surface area contributed by atoms with Crippen molar-refractivity contribution in [3.63, 3.8) is 0 Å². The molecule has 1 aromatic carbocycles. The molecule has 1 amide bonds. The number of nitrogens with one attached hydrogen (secondary N) is 1. The van der Waals surface area contributed by atoms with Gasteiger partial charge in [0.2, 0.25) is 5.91 Å². The Balaban J connectivity index is 1.90. The van der Waals surface area contributed by atoms with E-state index in [9.17, 15) is 4.79 Å². The second-order valence-corrected chi connectivity index (χ2v) is 4.69. The number of carbonyl (C=O) groups is 1. The van der Waals surface area contributed by atoms with Crippen LogP contribution in [0.2, 0.25) is 0 Å². The Bertz CT molecular complexity index is 553. The van der Waals surface area contributed by atoms with Crippen LogP contribution >= 0.6 is 11.8 Å². The Kier molecular flexibility index (Phi) is 3.88. The maximum atomic E-state index is 11.7. The Morgan fingerprint density at radius 3 is 2.94 bits per heavy atom. The third-order valence-corrected chi connectivity index (χ3v) is 3.40. The minimum Gasteiger partial charge on any atom is -0.397 e. The molecule has 0 saturated heterocycles. The molecule has 2 aromatic rings. The normalized spacial score (nSPS) is 10.3. The molecule has 0 atom stereocenters. The number of hydrogen-bond acceptors (Lipinski definition) is 4. The van der Waals surface area contributed by atoms with Crippen LogP contribution in [0.15, 0.2) is 41.8 Å². The minimum absolute atomic E-state index is 0.0964. The summed E-state index contributed by atoms with van der Waals surface area (Å²) < 4.78 is 1.87. The van der Waals surface area contributed by atoms with E-state index in [1.54, 1.807) is 18.3 Å². The first kappa shape index (κ1) is 12.5. The maximum Gasteiger partial charge on any atom is 0.234 e. The molecule has 3 N–H and O–H groups in total. The van der Waals surface area contributed by atoms with E-state index in [0.717, 1.165) is 5.16 Å². The van der Waals surface area contributed by atoms with Gasteiger partial charge in [0.15, 0.2) is 5.16 Å². The van der Waals surface area contributed by atoms with Gasteiger partial charge in [0, 0.05) is 19.4 Å². The van der Waals surface area contributed by atoms with Gasteiger partial charge in [-0.1, -0.05) is 23.9 Å². The quantitative estimate of drug-likeness (QED) is 0.650. The molecular formula is C12H14N4OS. The highest BCUT2D eigenvalue weighted by molar-refractivity contribution is 7.99. The zero-order valence-corrected chi connectivity index (χ0v) is 10.8. The third kappa shape index (κ3) is 3.04. The zero-order valence-electron chi connectivity index (χ0n) is 9.96. The first-order valence-electron chi connectivity index (χ1n) is 5.41. The molecule has 2 rings (SSSR count). The Hall–Kier alpha value is -1.95. The molecule has 94 valence electrons. The lowest BCUT2D eigenvalue weighted by Gasteiger charge is -2.07. The van der Waals surface area contributed by atoms with Gasteiger partial charge in [-0.25, -0.2) is 4.98 Å². The van der Waals surface area contributed by atoms with E-state index in [1.807, 2.05) is 29.9 Å². The van der Waals surface area contributed by atoms with Crippen LogP contribution in [-0.4, -0.2) is 21.2 Å². The van der Waals surface area contributed by atoms with Gasteiger partial charge in [-0.2, -0.15) is 0 Å². The number of amides is 1. The number of aromatic nitrogens is 2. The van der Waals surface area contributed by atoms with Crippen molar-refractivity contribution in [1.29, 1.82) is 0 Å². The van der Waals surface area contributed by atoms with Gasteiger partial charge < -0.3 is 15.6 Å². The maximum absolute atomic E-state index is 11.7. The number of aryl methyl sites for hydroxylation is 1. The molecule has 0 unspecified atom stereocenters. The fraction of sp³-hybridized carbons (Fsp3) is 0.167. The van der Waals surface area contributed by atoms with Crippen LogP contribution in [0.25, 0.3) is 0 Å². The molecule has 0 aliphatic rings. The van der Waals surface area contributed by atoms with E-state index in [4.69, 9.17) is 5.73 Å². The number of anilines is 2. The van der Waals surface area contributed by atoms with E-state index in [0.29, 0.717) is 17.1 Å². The van der Waals surface area contributed by atoms with Crippen LogP contribution in [0.4, 0.5) is 11.4 Å². The Morgan fingerprint density at radius 2 is 2.28 bits per heavy atom. The highest BCUT2D eigenvalue weighted by atomic mass is 32.2. The highest BCUT2D eigenvalue weighted by Crippen LogP contribution is 2.18. The largest absolute Gasteiger partial charge is 0.397 e. The van der Waals surface area contributed by atoms with Gasteiger partial charge in [0.05, 0.1) is 17.1 Å². The standard InChI is InChI=1S/C12H14N4OS/c1-16-7-6-14-12(16)18-8-11(17)15-10-5-3-2-4-9(10)13/h2-7H,8,13H2,1H3,(H,15,17). The van der Waals surface area contributed by atoms with Crippen molar-refractivity contribution in [2.75, 3.05) is 16.8 Å². The number of nitrogens with zero attached hydrogens (tertiary/aromatic N) is 2. The molecule has 0 saturated carbocycles. The summed E-state index contributed by atoms with van der Waals surface area (Å²) in [6.45, 7) is 0. The molecule has 0 aliphatic heterocycles. The average molecular weight is 262 g/mol. The summed E-state index contributed by atoms with van der Waals surface area (Å²) in [6.07, 6.45) is 3.55. The Morgan fingerprint density at radius 1 is 1.50 bits per heavy atom. The average Bonchev–Trinajstić information content (AvgIpc) is 2.75. The number of para-hydroxylation sites is 2. The van der Waals surface area contributed by atoms with E-state index >= 15 is 0 Å². The lowest BCUT2D eigenvalue weighted by Crippen LogP contribution is -2.15. The Labute approximate surface area is 109 Å². The van der Waals surface area contributed by atoms with Crippen LogP contribution in [0.1, 0.15) is 0 Å².